The molecule has 0 aromatic carbocycles. The molecule has 0 saturated heterocycles. The summed E-state index contributed by atoms with van der Waals surface area (Å²) in [6.07, 6.45) is 0. The summed E-state index contributed by atoms with van der Waals surface area (Å²) < 4.78 is 0. The van der Waals surface area contributed by atoms with Crippen molar-refractivity contribution in [3.63, 3.8) is 0 Å². The van der Waals surface area contributed by atoms with E-state index in [1.807, 2.05) is 11.8 Å². The Morgan fingerprint density at radius 3 is 1.91 bits per heavy atom. The van der Waals surface area contributed by atoms with Crippen molar-refractivity contribution in [3.8, 4) is 0 Å². The van der Waals surface area contributed by atoms with Gasteiger partial charge in [-0.1, -0.05) is 39.9 Å². The zero-order chi connectivity index (χ0) is 9.12. The Morgan fingerprint density at radius 1 is 1.18 bits per heavy atom. The third kappa shape index (κ3) is 3.55. The van der Waals surface area contributed by atoms with Crippen molar-refractivity contribution in [3.05, 3.63) is 0 Å². The van der Waals surface area contributed by atoms with Gasteiger partial charge in [-0.3, -0.25) is 0 Å². The molecule has 0 nitrogen and oxygen atoms in total. The summed E-state index contributed by atoms with van der Waals surface area (Å²) in [7, 11) is 2.32. The minimum absolute atomic E-state index is 0.426. The first kappa shape index (κ1) is 11.4. The number of thioether (sulfide) groups is 1. The van der Waals surface area contributed by atoms with Gasteiger partial charge in [-0.15, -0.1) is 0 Å². The smallest absolute Gasteiger partial charge is 0.109 e. The minimum Gasteiger partial charge on any atom is -0.162 e. The van der Waals surface area contributed by atoms with Crippen LogP contribution in [-0.2, 0) is 0 Å². The van der Waals surface area contributed by atoms with E-state index in [4.69, 9.17) is 0 Å². The van der Waals surface area contributed by atoms with Crippen molar-refractivity contribution in [1.29, 1.82) is 0 Å². The van der Waals surface area contributed by atoms with E-state index in [9.17, 15) is 0 Å². The summed E-state index contributed by atoms with van der Waals surface area (Å²) in [6.45, 7) is 11.6. The zero-order valence-electron chi connectivity index (χ0n) is 8.82. The maximum absolute atomic E-state index is 2.36. The van der Waals surface area contributed by atoms with E-state index in [-0.39, 0.29) is 0 Å². The molecule has 0 aliphatic rings. The van der Waals surface area contributed by atoms with Crippen LogP contribution in [0.3, 0.4) is 0 Å². The maximum Gasteiger partial charge on any atom is 0.109 e. The Hall–Kier alpha value is 0.415. The fraction of sp³-hybridized carbons (Fsp3) is 1.00. The first-order valence-electron chi connectivity index (χ1n) is 4.39. The molecule has 0 rings (SSSR count). The third-order valence-corrected chi connectivity index (χ3v) is 4.03. The van der Waals surface area contributed by atoms with Gasteiger partial charge >= 0.3 is 0 Å². The van der Waals surface area contributed by atoms with Crippen molar-refractivity contribution in [2.75, 3.05) is 11.5 Å². The van der Waals surface area contributed by atoms with E-state index in [1.165, 1.54) is 11.5 Å². The second-order valence-electron chi connectivity index (χ2n) is 4.77. The Bertz CT molecular complexity index is 113. The number of hydrogen-bond donors (Lipinski definition) is 0. The van der Waals surface area contributed by atoms with Gasteiger partial charge in [0, 0.05) is 0 Å². The lowest BCUT2D eigenvalue weighted by Crippen LogP contribution is -2.29. The standard InChI is InChI=1S/C9H21BS/c1-6-11-7-8(2,3)9(4,5)10/h6-7,10H2,1-5H3. The van der Waals surface area contributed by atoms with E-state index in [0.717, 1.165) is 0 Å². The SMILES string of the molecule is BC(C)(C)C(C)(C)CSCC. The van der Waals surface area contributed by atoms with E-state index >= 15 is 0 Å². The second-order valence-corrected chi connectivity index (χ2v) is 6.05. The maximum atomic E-state index is 2.36. The van der Waals surface area contributed by atoms with E-state index in [1.54, 1.807) is 0 Å². The molecule has 0 atom stereocenters. The molecule has 0 spiro atoms. The lowest BCUT2D eigenvalue weighted by Gasteiger charge is -2.38. The molecular formula is C9H21BS. The van der Waals surface area contributed by atoms with Gasteiger partial charge in [0.25, 0.3) is 0 Å². The Kier molecular flexibility index (Phi) is 4.03. The summed E-state index contributed by atoms with van der Waals surface area (Å²) in [5.74, 6) is 2.51. The summed E-state index contributed by atoms with van der Waals surface area (Å²) in [5, 5.41) is 0.426. The molecule has 0 unspecified atom stereocenters. The van der Waals surface area contributed by atoms with Gasteiger partial charge in [-0.25, -0.2) is 0 Å². The molecule has 0 aromatic rings. The lowest BCUT2D eigenvalue weighted by atomic mass is 9.57. The Morgan fingerprint density at radius 2 is 1.64 bits per heavy atom. The van der Waals surface area contributed by atoms with Crippen LogP contribution in [0.15, 0.2) is 0 Å². The van der Waals surface area contributed by atoms with Crippen LogP contribution in [-0.4, -0.2) is 19.4 Å². The van der Waals surface area contributed by atoms with Crippen LogP contribution in [0.5, 0.6) is 0 Å². The Balaban J connectivity index is 4.00. The van der Waals surface area contributed by atoms with Gasteiger partial charge in [0.1, 0.15) is 7.85 Å². The topological polar surface area (TPSA) is 0 Å². The average molecular weight is 172 g/mol. The summed E-state index contributed by atoms with van der Waals surface area (Å²) in [5.41, 5.74) is 0.452. The van der Waals surface area contributed by atoms with Crippen molar-refractivity contribution in [1.82, 2.24) is 0 Å². The minimum atomic E-state index is 0.426. The summed E-state index contributed by atoms with van der Waals surface area (Å²) in [4.78, 5) is 0. The van der Waals surface area contributed by atoms with E-state index in [0.29, 0.717) is 10.7 Å². The summed E-state index contributed by atoms with van der Waals surface area (Å²) in [6, 6.07) is 0. The average Bonchev–Trinajstić information content (AvgIpc) is 1.81. The highest BCUT2D eigenvalue weighted by Crippen LogP contribution is 2.43. The fourth-order valence-electron chi connectivity index (χ4n) is 0.574. The van der Waals surface area contributed by atoms with Crippen LogP contribution in [0.25, 0.3) is 0 Å². The normalized spacial score (nSPS) is 13.5. The highest BCUT2D eigenvalue weighted by molar-refractivity contribution is 7.99. The molecule has 0 aliphatic carbocycles. The molecule has 0 N–H and O–H groups in total. The van der Waals surface area contributed by atoms with Crippen molar-refractivity contribution in [2.45, 2.75) is 39.9 Å². The molecular weight excluding hydrogens is 151 g/mol. The first-order valence-corrected chi connectivity index (χ1v) is 5.54. The van der Waals surface area contributed by atoms with E-state index in [2.05, 4.69) is 42.5 Å². The van der Waals surface area contributed by atoms with Gasteiger partial charge in [0.15, 0.2) is 0 Å². The first-order chi connectivity index (χ1) is 4.81. The fourth-order valence-corrected chi connectivity index (χ4v) is 1.72. The zero-order valence-corrected chi connectivity index (χ0v) is 9.64. The molecule has 0 aromatic heterocycles. The van der Waals surface area contributed by atoms with Crippen LogP contribution in [0, 0.1) is 5.41 Å². The molecule has 66 valence electrons. The van der Waals surface area contributed by atoms with Crippen LogP contribution in [0.1, 0.15) is 34.6 Å². The lowest BCUT2D eigenvalue weighted by molar-refractivity contribution is 0.311. The molecule has 0 aliphatic heterocycles. The number of rotatable bonds is 4. The monoisotopic (exact) mass is 172 g/mol. The van der Waals surface area contributed by atoms with Crippen molar-refractivity contribution in [2.24, 2.45) is 5.41 Å². The molecule has 11 heavy (non-hydrogen) atoms. The molecule has 2 heteroatoms. The Labute approximate surface area is 76.9 Å². The molecule has 0 bridgehead atoms. The summed E-state index contributed by atoms with van der Waals surface area (Å²) >= 11 is 2.04. The van der Waals surface area contributed by atoms with Crippen molar-refractivity contribution >= 4 is 19.6 Å². The molecule has 0 amide bonds. The predicted octanol–water partition coefficient (Wildman–Crippen LogP) is 2.60. The molecule has 0 fully saturated rings. The highest BCUT2D eigenvalue weighted by atomic mass is 32.2. The third-order valence-electron chi connectivity index (χ3n) is 2.70. The molecule has 0 saturated carbocycles. The van der Waals surface area contributed by atoms with Gasteiger partial charge in [-0.05, 0) is 16.9 Å². The number of hydrogen-bond acceptors (Lipinski definition) is 1. The van der Waals surface area contributed by atoms with Crippen LogP contribution in [0.2, 0.25) is 5.31 Å². The largest absolute Gasteiger partial charge is 0.162 e. The quantitative estimate of drug-likeness (QED) is 0.587. The van der Waals surface area contributed by atoms with Crippen LogP contribution in [0.4, 0.5) is 0 Å². The van der Waals surface area contributed by atoms with Crippen LogP contribution < -0.4 is 0 Å². The molecule has 0 radical (unpaired) electrons. The van der Waals surface area contributed by atoms with E-state index < -0.39 is 0 Å². The predicted molar refractivity (Wildman–Crippen MR) is 59.4 cm³/mol. The second kappa shape index (κ2) is 3.89. The molecule has 0 heterocycles. The van der Waals surface area contributed by atoms with Crippen LogP contribution >= 0.6 is 11.8 Å². The van der Waals surface area contributed by atoms with Gasteiger partial charge in [0.05, 0.1) is 0 Å². The van der Waals surface area contributed by atoms with Gasteiger partial charge < -0.3 is 0 Å². The van der Waals surface area contributed by atoms with Gasteiger partial charge in [0.2, 0.25) is 0 Å². The van der Waals surface area contributed by atoms with Crippen molar-refractivity contribution < 1.29 is 0 Å². The van der Waals surface area contributed by atoms with Gasteiger partial charge in [-0.2, -0.15) is 11.8 Å². The highest BCUT2D eigenvalue weighted by Gasteiger charge is 2.31.